The van der Waals surface area contributed by atoms with Gasteiger partial charge in [-0.2, -0.15) is 13.2 Å². The van der Waals surface area contributed by atoms with Gasteiger partial charge in [-0.15, -0.1) is 0 Å². The zero-order chi connectivity index (χ0) is 15.8. The molecule has 2 rings (SSSR count). The monoisotopic (exact) mass is 304 g/mol. The fourth-order valence-corrected chi connectivity index (χ4v) is 2.27. The number of nitrogens with zero attached hydrogens (tertiary/aromatic N) is 1. The molecule has 0 spiro atoms. The Kier molecular flexibility index (Phi) is 3.52. The smallest absolute Gasteiger partial charge is 0.406 e. The van der Waals surface area contributed by atoms with Crippen LogP contribution in [-0.2, 0) is 4.79 Å². The maximum atomic E-state index is 13.0. The first-order valence-corrected chi connectivity index (χ1v) is 5.95. The number of hydrogen-bond donors (Lipinski definition) is 2. The van der Waals surface area contributed by atoms with E-state index in [0.717, 1.165) is 11.0 Å². The van der Waals surface area contributed by atoms with Crippen molar-refractivity contribution in [3.63, 3.8) is 0 Å². The Morgan fingerprint density at radius 2 is 2.05 bits per heavy atom. The van der Waals surface area contributed by atoms with Gasteiger partial charge in [0.1, 0.15) is 0 Å². The average Bonchev–Trinajstić information content (AvgIpc) is 2.83. The van der Waals surface area contributed by atoms with Crippen molar-refractivity contribution in [2.75, 3.05) is 13.1 Å². The maximum absolute atomic E-state index is 13.0. The van der Waals surface area contributed by atoms with Crippen LogP contribution in [0, 0.1) is 5.41 Å². The first kappa shape index (κ1) is 15.1. The van der Waals surface area contributed by atoms with Crippen LogP contribution in [-0.4, -0.2) is 46.1 Å². The van der Waals surface area contributed by atoms with Crippen LogP contribution in [0.25, 0.3) is 0 Å². The number of carbonyl (C=O) groups excluding carboxylic acids is 1. The predicted octanol–water partition coefficient (Wildman–Crippen LogP) is 0.854. The second-order valence-corrected chi connectivity index (χ2v) is 4.80. The number of halogens is 3. The van der Waals surface area contributed by atoms with Crippen molar-refractivity contribution < 1.29 is 27.9 Å². The van der Waals surface area contributed by atoms with Crippen molar-refractivity contribution in [2.45, 2.75) is 12.6 Å². The quantitative estimate of drug-likeness (QED) is 0.847. The molecule has 1 aromatic heterocycles. The topological polar surface area (TPSA) is 90.5 Å². The van der Waals surface area contributed by atoms with Crippen LogP contribution in [0.2, 0.25) is 0 Å². The first-order valence-electron chi connectivity index (χ1n) is 5.95. The lowest BCUT2D eigenvalue weighted by Crippen LogP contribution is -2.47. The zero-order valence-corrected chi connectivity index (χ0v) is 10.6. The molecular formula is C12H11F3N2O4. The first-order chi connectivity index (χ1) is 9.67. The Morgan fingerprint density at radius 1 is 1.38 bits per heavy atom. The zero-order valence-electron chi connectivity index (χ0n) is 10.6. The number of carboxylic acids is 1. The number of H-pyrrole nitrogens is 1. The minimum absolute atomic E-state index is 0.0814. The average molecular weight is 304 g/mol. The van der Waals surface area contributed by atoms with Gasteiger partial charge in [-0.3, -0.25) is 14.4 Å². The molecule has 1 aliphatic heterocycles. The summed E-state index contributed by atoms with van der Waals surface area (Å²) in [5.74, 6) is -2.80. The summed E-state index contributed by atoms with van der Waals surface area (Å²) in [6.07, 6.45) is -4.47. The van der Waals surface area contributed by atoms with Gasteiger partial charge in [0.05, 0.1) is 0 Å². The molecule has 0 bridgehead atoms. The molecular weight excluding hydrogens is 293 g/mol. The van der Waals surface area contributed by atoms with Crippen LogP contribution in [0.1, 0.15) is 16.8 Å². The van der Waals surface area contributed by atoms with Gasteiger partial charge < -0.3 is 15.0 Å². The van der Waals surface area contributed by atoms with Gasteiger partial charge in [-0.05, 0) is 12.5 Å². The Labute approximate surface area is 116 Å². The molecule has 0 aliphatic carbocycles. The van der Waals surface area contributed by atoms with E-state index in [0.29, 0.717) is 0 Å². The van der Waals surface area contributed by atoms with E-state index in [1.807, 2.05) is 0 Å². The molecule has 1 aromatic rings. The van der Waals surface area contributed by atoms with Crippen molar-refractivity contribution in [3.8, 4) is 0 Å². The van der Waals surface area contributed by atoms with Crippen molar-refractivity contribution in [1.29, 1.82) is 0 Å². The minimum atomic E-state index is -4.96. The molecule has 1 aliphatic rings. The van der Waals surface area contributed by atoms with E-state index in [1.165, 1.54) is 12.3 Å². The number of carbonyl (C=O) groups is 2. The van der Waals surface area contributed by atoms with E-state index in [2.05, 4.69) is 4.98 Å². The number of pyridine rings is 1. The second kappa shape index (κ2) is 4.90. The van der Waals surface area contributed by atoms with Gasteiger partial charge in [0.25, 0.3) is 5.91 Å². The van der Waals surface area contributed by atoms with Crippen LogP contribution >= 0.6 is 0 Å². The normalized spacial score (nSPS) is 22.3. The van der Waals surface area contributed by atoms with Crippen LogP contribution in [0.15, 0.2) is 23.1 Å². The highest BCUT2D eigenvalue weighted by atomic mass is 19.4. The summed E-state index contributed by atoms with van der Waals surface area (Å²) in [7, 11) is 0. The highest BCUT2D eigenvalue weighted by molar-refractivity contribution is 5.95. The van der Waals surface area contributed by atoms with Crippen molar-refractivity contribution >= 4 is 11.9 Å². The number of aromatic nitrogens is 1. The van der Waals surface area contributed by atoms with Crippen LogP contribution in [0.3, 0.4) is 0 Å². The molecule has 21 heavy (non-hydrogen) atoms. The summed E-state index contributed by atoms with van der Waals surface area (Å²) in [4.78, 5) is 37.2. The van der Waals surface area contributed by atoms with E-state index >= 15 is 0 Å². The van der Waals surface area contributed by atoms with Gasteiger partial charge in [-0.1, -0.05) is 0 Å². The molecule has 2 heterocycles. The summed E-state index contributed by atoms with van der Waals surface area (Å²) in [5.41, 5.74) is -3.60. The van der Waals surface area contributed by atoms with Gasteiger partial charge in [0, 0.05) is 30.9 Å². The fraction of sp³-hybridized carbons (Fsp3) is 0.417. The lowest BCUT2D eigenvalue weighted by Gasteiger charge is -2.27. The minimum Gasteiger partial charge on any atom is -0.481 e. The number of alkyl halides is 3. The van der Waals surface area contributed by atoms with Crippen molar-refractivity contribution in [2.24, 2.45) is 5.41 Å². The van der Waals surface area contributed by atoms with Gasteiger partial charge in [-0.25, -0.2) is 0 Å². The van der Waals surface area contributed by atoms with Crippen LogP contribution < -0.4 is 5.56 Å². The van der Waals surface area contributed by atoms with E-state index in [-0.39, 0.29) is 12.1 Å². The molecule has 1 saturated heterocycles. The fourth-order valence-electron chi connectivity index (χ4n) is 2.27. The molecule has 1 amide bonds. The highest BCUT2D eigenvalue weighted by Crippen LogP contribution is 2.45. The summed E-state index contributed by atoms with van der Waals surface area (Å²) in [6, 6.07) is 2.20. The van der Waals surface area contributed by atoms with Gasteiger partial charge in [0.15, 0.2) is 5.41 Å². The molecule has 0 saturated carbocycles. The number of likely N-dealkylation sites (tertiary alicyclic amines) is 1. The SMILES string of the molecule is O=C(c1cc[nH]c(=O)c1)N1CCC(C(=O)O)(C(F)(F)F)C1. The lowest BCUT2D eigenvalue weighted by molar-refractivity contribution is -0.227. The maximum Gasteiger partial charge on any atom is 0.406 e. The van der Waals surface area contributed by atoms with Crippen LogP contribution in [0.4, 0.5) is 13.2 Å². The number of carboxylic acid groups (broad SMARTS) is 1. The molecule has 114 valence electrons. The predicted molar refractivity (Wildman–Crippen MR) is 63.7 cm³/mol. The molecule has 1 unspecified atom stereocenters. The molecule has 9 heteroatoms. The molecule has 0 aromatic carbocycles. The number of rotatable bonds is 2. The molecule has 1 fully saturated rings. The standard InChI is InChI=1S/C12H11F3N2O4/c13-12(14,15)11(10(20)21)2-4-17(6-11)9(19)7-1-3-16-8(18)5-7/h1,3,5H,2,4,6H2,(H,16,18)(H,20,21). The second-order valence-electron chi connectivity index (χ2n) is 4.80. The van der Waals surface area contributed by atoms with Crippen LogP contribution in [0.5, 0.6) is 0 Å². The third-order valence-corrected chi connectivity index (χ3v) is 3.53. The highest BCUT2D eigenvalue weighted by Gasteiger charge is 2.64. The molecule has 1 atom stereocenters. The summed E-state index contributed by atoms with van der Waals surface area (Å²) < 4.78 is 39.0. The largest absolute Gasteiger partial charge is 0.481 e. The Hall–Kier alpha value is -2.32. The van der Waals surface area contributed by atoms with E-state index in [4.69, 9.17) is 5.11 Å². The van der Waals surface area contributed by atoms with E-state index < -0.39 is 42.0 Å². The third kappa shape index (κ3) is 2.50. The van der Waals surface area contributed by atoms with Crippen molar-refractivity contribution in [3.05, 3.63) is 34.2 Å². The lowest BCUT2D eigenvalue weighted by atomic mass is 9.86. The Bertz CT molecular complexity index is 640. The summed E-state index contributed by atoms with van der Waals surface area (Å²) in [6.45, 7) is -1.30. The van der Waals surface area contributed by atoms with Gasteiger partial charge in [0.2, 0.25) is 5.56 Å². The third-order valence-electron chi connectivity index (χ3n) is 3.53. The Balaban J connectivity index is 2.28. The number of amides is 1. The number of hydrogen-bond acceptors (Lipinski definition) is 3. The number of aliphatic carboxylic acids is 1. The van der Waals surface area contributed by atoms with E-state index in [9.17, 15) is 27.6 Å². The van der Waals surface area contributed by atoms with Crippen molar-refractivity contribution in [1.82, 2.24) is 9.88 Å². The summed E-state index contributed by atoms with van der Waals surface area (Å²) >= 11 is 0. The molecule has 6 nitrogen and oxygen atoms in total. The molecule has 0 radical (unpaired) electrons. The number of aromatic amines is 1. The summed E-state index contributed by atoms with van der Waals surface area (Å²) in [5, 5.41) is 8.90. The van der Waals surface area contributed by atoms with E-state index in [1.54, 1.807) is 0 Å². The molecule has 2 N–H and O–H groups in total. The van der Waals surface area contributed by atoms with Gasteiger partial charge >= 0.3 is 12.1 Å². The Morgan fingerprint density at radius 3 is 2.52 bits per heavy atom. The number of nitrogens with one attached hydrogen (secondary N) is 1.